The van der Waals surface area contributed by atoms with Crippen molar-refractivity contribution in [3.8, 4) is 0 Å². The number of halogens is 1. The van der Waals surface area contributed by atoms with Gasteiger partial charge in [0.15, 0.2) is 5.78 Å². The third kappa shape index (κ3) is 2.07. The fraction of sp³-hybridized carbons (Fsp3) is 0.600. The molecular weight excluding hydrogens is 308 g/mol. The average molecular weight is 333 g/mol. The van der Waals surface area contributed by atoms with E-state index < -0.39 is 0 Å². The zero-order valence-electron chi connectivity index (χ0n) is 13.9. The topological polar surface area (TPSA) is 34.1 Å². The van der Waals surface area contributed by atoms with E-state index in [9.17, 15) is 9.59 Å². The minimum absolute atomic E-state index is 0. The molecular formula is C20H25ClO2. The number of rotatable bonds is 0. The first-order chi connectivity index (χ1) is 10.4. The molecule has 0 aliphatic heterocycles. The summed E-state index contributed by atoms with van der Waals surface area (Å²) in [4.78, 5) is 24.2. The first kappa shape index (κ1) is 16.7. The zero-order valence-corrected chi connectivity index (χ0v) is 14.7. The number of ketones is 2. The van der Waals surface area contributed by atoms with Gasteiger partial charge in [-0.3, -0.25) is 9.59 Å². The molecule has 0 aromatic heterocycles. The molecule has 0 spiro atoms. The van der Waals surface area contributed by atoms with Crippen molar-refractivity contribution in [2.75, 3.05) is 0 Å². The van der Waals surface area contributed by atoms with Crippen LogP contribution in [0.15, 0.2) is 36.0 Å². The minimum atomic E-state index is -0.104. The zero-order chi connectivity index (χ0) is 15.7. The van der Waals surface area contributed by atoms with E-state index >= 15 is 0 Å². The molecule has 0 bridgehead atoms. The summed E-state index contributed by atoms with van der Waals surface area (Å²) in [5, 5.41) is 0. The van der Waals surface area contributed by atoms with Gasteiger partial charge in [0.1, 0.15) is 5.78 Å². The summed E-state index contributed by atoms with van der Waals surface area (Å²) in [5.74, 6) is 2.14. The predicted molar refractivity (Wildman–Crippen MR) is 93.4 cm³/mol. The molecule has 3 fully saturated rings. The quantitative estimate of drug-likeness (QED) is 0.656. The van der Waals surface area contributed by atoms with Crippen LogP contribution in [0.4, 0.5) is 0 Å². The van der Waals surface area contributed by atoms with Gasteiger partial charge in [-0.05, 0) is 61.2 Å². The van der Waals surface area contributed by atoms with Gasteiger partial charge in [0.05, 0.1) is 0 Å². The van der Waals surface area contributed by atoms with E-state index in [-0.39, 0.29) is 29.0 Å². The van der Waals surface area contributed by atoms with Gasteiger partial charge in [-0.2, -0.15) is 0 Å². The number of carbonyl (C=O) groups is 2. The van der Waals surface area contributed by atoms with Crippen LogP contribution in [0.1, 0.15) is 46.0 Å². The van der Waals surface area contributed by atoms with Crippen molar-refractivity contribution in [2.45, 2.75) is 46.0 Å². The summed E-state index contributed by atoms with van der Waals surface area (Å²) in [5.41, 5.74) is 2.09. The first-order valence-corrected chi connectivity index (χ1v) is 8.53. The maximum atomic E-state index is 12.4. The molecule has 4 aliphatic carbocycles. The van der Waals surface area contributed by atoms with Crippen LogP contribution >= 0.6 is 12.4 Å². The maximum Gasteiger partial charge on any atom is 0.178 e. The minimum Gasteiger partial charge on any atom is -0.299 e. The summed E-state index contributed by atoms with van der Waals surface area (Å²) in [6, 6.07) is 0. The van der Waals surface area contributed by atoms with Crippen molar-refractivity contribution in [3.05, 3.63) is 36.0 Å². The van der Waals surface area contributed by atoms with Crippen LogP contribution < -0.4 is 0 Å². The SMILES string of the molecule is C=C1C[C@@H]2[C@H](CC[C@]3(C)C(=O)CC[C@@H]23)[C@@]2(C)C=CC(=O)C=C12.Cl. The van der Waals surface area contributed by atoms with Crippen molar-refractivity contribution < 1.29 is 9.59 Å². The smallest absolute Gasteiger partial charge is 0.178 e. The largest absolute Gasteiger partial charge is 0.299 e. The molecule has 0 aromatic carbocycles. The predicted octanol–water partition coefficient (Wildman–Crippen LogP) is 4.45. The lowest BCUT2D eigenvalue weighted by Gasteiger charge is -2.56. The Labute approximate surface area is 144 Å². The van der Waals surface area contributed by atoms with Crippen LogP contribution in [0.2, 0.25) is 0 Å². The van der Waals surface area contributed by atoms with Crippen molar-refractivity contribution in [1.29, 1.82) is 0 Å². The molecule has 23 heavy (non-hydrogen) atoms. The number of fused-ring (bicyclic) bond motifs is 5. The van der Waals surface area contributed by atoms with Crippen LogP contribution in [0, 0.1) is 28.6 Å². The van der Waals surface area contributed by atoms with Crippen LogP contribution in [0.3, 0.4) is 0 Å². The maximum absolute atomic E-state index is 12.4. The monoisotopic (exact) mass is 332 g/mol. The second kappa shape index (κ2) is 5.17. The summed E-state index contributed by atoms with van der Waals surface area (Å²) in [6.45, 7) is 8.75. The lowest BCUT2D eigenvalue weighted by atomic mass is 9.48. The van der Waals surface area contributed by atoms with Gasteiger partial charge in [0.2, 0.25) is 0 Å². The fourth-order valence-corrected chi connectivity index (χ4v) is 5.98. The third-order valence-corrected chi connectivity index (χ3v) is 7.24. The molecule has 4 aliphatic rings. The Morgan fingerprint density at radius 3 is 2.65 bits per heavy atom. The number of carbonyl (C=O) groups excluding carboxylic acids is 2. The van der Waals surface area contributed by atoms with Gasteiger partial charge in [-0.1, -0.05) is 32.1 Å². The molecule has 3 heteroatoms. The summed E-state index contributed by atoms with van der Waals surface area (Å²) in [7, 11) is 0. The molecule has 0 saturated heterocycles. The number of allylic oxidation sites excluding steroid dienone is 5. The molecule has 0 N–H and O–H groups in total. The number of Topliss-reactive ketones (excluding diaryl/α,β-unsaturated/α-hetero) is 1. The van der Waals surface area contributed by atoms with Gasteiger partial charge < -0.3 is 0 Å². The van der Waals surface area contributed by atoms with E-state index in [1.54, 1.807) is 12.2 Å². The van der Waals surface area contributed by atoms with Gasteiger partial charge in [-0.15, -0.1) is 12.4 Å². The average Bonchev–Trinajstić information content (AvgIpc) is 2.77. The molecule has 0 amide bonds. The summed E-state index contributed by atoms with van der Waals surface area (Å²) < 4.78 is 0. The Morgan fingerprint density at radius 1 is 1.17 bits per heavy atom. The highest BCUT2D eigenvalue weighted by Crippen LogP contribution is 2.64. The van der Waals surface area contributed by atoms with Gasteiger partial charge in [-0.25, -0.2) is 0 Å². The van der Waals surface area contributed by atoms with Crippen LogP contribution in [-0.4, -0.2) is 11.6 Å². The molecule has 5 atom stereocenters. The molecule has 0 unspecified atom stereocenters. The number of hydrogen-bond donors (Lipinski definition) is 0. The van der Waals surface area contributed by atoms with E-state index in [0.29, 0.717) is 23.5 Å². The van der Waals surface area contributed by atoms with E-state index in [0.717, 1.165) is 43.3 Å². The Hall–Kier alpha value is -1.15. The summed E-state index contributed by atoms with van der Waals surface area (Å²) >= 11 is 0. The Bertz CT molecular complexity index is 659. The van der Waals surface area contributed by atoms with E-state index in [2.05, 4.69) is 26.5 Å². The van der Waals surface area contributed by atoms with Crippen molar-refractivity contribution in [1.82, 2.24) is 0 Å². The molecule has 4 rings (SSSR count). The van der Waals surface area contributed by atoms with E-state index in [4.69, 9.17) is 0 Å². The highest BCUT2D eigenvalue weighted by atomic mass is 35.5. The van der Waals surface area contributed by atoms with Gasteiger partial charge in [0, 0.05) is 17.3 Å². The summed E-state index contributed by atoms with van der Waals surface area (Å²) in [6.07, 6.45) is 10.5. The molecule has 2 nitrogen and oxygen atoms in total. The lowest BCUT2D eigenvalue weighted by Crippen LogP contribution is -2.50. The van der Waals surface area contributed by atoms with Crippen molar-refractivity contribution in [3.63, 3.8) is 0 Å². The van der Waals surface area contributed by atoms with Crippen LogP contribution in [0.5, 0.6) is 0 Å². The molecule has 3 saturated carbocycles. The highest BCUT2D eigenvalue weighted by Gasteiger charge is 2.59. The molecule has 0 heterocycles. The van der Waals surface area contributed by atoms with Crippen LogP contribution in [-0.2, 0) is 9.59 Å². The van der Waals surface area contributed by atoms with E-state index in [1.807, 2.05) is 0 Å². The molecule has 0 radical (unpaired) electrons. The second-order valence-corrected chi connectivity index (χ2v) is 8.18. The normalized spacial score (nSPS) is 44.9. The Morgan fingerprint density at radius 2 is 1.91 bits per heavy atom. The highest BCUT2D eigenvalue weighted by molar-refractivity contribution is 6.02. The standard InChI is InChI=1S/C20H24O2.ClH/c1-12-10-14-15-4-5-18(22)20(15,3)9-7-16(14)19(2)8-6-13(21)11-17(12)19;/h6,8,11,14-16H,1,4-5,7,9-10H2,2-3H3;1H/t14-,15-,16-,19+,20-;/m0./s1. The fourth-order valence-electron chi connectivity index (χ4n) is 5.98. The third-order valence-electron chi connectivity index (χ3n) is 7.24. The number of hydrogen-bond acceptors (Lipinski definition) is 2. The molecule has 0 aromatic rings. The first-order valence-electron chi connectivity index (χ1n) is 8.53. The lowest BCUT2D eigenvalue weighted by molar-refractivity contribution is -0.131. The second-order valence-electron chi connectivity index (χ2n) is 8.18. The van der Waals surface area contributed by atoms with E-state index in [1.165, 1.54) is 0 Å². The van der Waals surface area contributed by atoms with Gasteiger partial charge >= 0.3 is 0 Å². The van der Waals surface area contributed by atoms with Crippen molar-refractivity contribution in [2.24, 2.45) is 28.6 Å². The van der Waals surface area contributed by atoms with Crippen LogP contribution in [0.25, 0.3) is 0 Å². The van der Waals surface area contributed by atoms with Gasteiger partial charge in [0.25, 0.3) is 0 Å². The molecule has 124 valence electrons. The Kier molecular flexibility index (Phi) is 3.76. The Balaban J connectivity index is 0.00000156. The van der Waals surface area contributed by atoms with Crippen molar-refractivity contribution >= 4 is 24.0 Å².